The smallest absolute Gasteiger partial charge is 0.277 e. The molecule has 4 aromatic rings. The van der Waals surface area contributed by atoms with Gasteiger partial charge in [0.15, 0.2) is 0 Å². The van der Waals surface area contributed by atoms with E-state index in [1.807, 2.05) is 65.6 Å². The van der Waals surface area contributed by atoms with Gasteiger partial charge in [-0.05, 0) is 35.4 Å². The van der Waals surface area contributed by atoms with Crippen LogP contribution >= 0.6 is 11.8 Å². The van der Waals surface area contributed by atoms with Crippen LogP contribution in [0.1, 0.15) is 11.1 Å². The molecule has 5 nitrogen and oxygen atoms in total. The number of carbonyl (C=O) groups excluding carboxylic acids is 1. The summed E-state index contributed by atoms with van der Waals surface area (Å²) in [6.45, 7) is 1.03. The zero-order chi connectivity index (χ0) is 21.5. The third-order valence-electron chi connectivity index (χ3n) is 4.60. The van der Waals surface area contributed by atoms with Crippen LogP contribution in [0.25, 0.3) is 11.5 Å². The van der Waals surface area contributed by atoms with Crippen LogP contribution in [0, 0.1) is 5.82 Å². The van der Waals surface area contributed by atoms with E-state index in [1.165, 1.54) is 23.9 Å². The summed E-state index contributed by atoms with van der Waals surface area (Å²) in [5.74, 6) is 0.102. The molecule has 0 unspecified atom stereocenters. The fourth-order valence-corrected chi connectivity index (χ4v) is 3.70. The van der Waals surface area contributed by atoms with Crippen molar-refractivity contribution in [3.8, 4) is 11.5 Å². The summed E-state index contributed by atoms with van der Waals surface area (Å²) in [6, 6.07) is 25.6. The first kappa shape index (κ1) is 20.8. The maximum Gasteiger partial charge on any atom is 0.277 e. The van der Waals surface area contributed by atoms with Gasteiger partial charge in [-0.1, -0.05) is 72.4 Å². The summed E-state index contributed by atoms with van der Waals surface area (Å²) in [5.41, 5.74) is 2.75. The van der Waals surface area contributed by atoms with E-state index in [0.717, 1.165) is 11.1 Å². The number of hydrogen-bond acceptors (Lipinski definition) is 5. The number of amides is 1. The molecule has 0 fully saturated rings. The highest BCUT2D eigenvalue weighted by molar-refractivity contribution is 7.99. The van der Waals surface area contributed by atoms with Gasteiger partial charge >= 0.3 is 0 Å². The molecule has 0 aliphatic heterocycles. The molecule has 3 aromatic carbocycles. The van der Waals surface area contributed by atoms with Gasteiger partial charge in [0.05, 0.1) is 5.75 Å². The third-order valence-corrected chi connectivity index (χ3v) is 5.41. The first-order valence-corrected chi connectivity index (χ1v) is 10.7. The van der Waals surface area contributed by atoms with Crippen molar-refractivity contribution < 1.29 is 13.6 Å². The normalized spacial score (nSPS) is 10.7. The van der Waals surface area contributed by atoms with E-state index < -0.39 is 0 Å². The van der Waals surface area contributed by atoms with Crippen molar-refractivity contribution in [3.05, 3.63) is 102 Å². The molecule has 156 valence electrons. The maximum atomic E-state index is 13.1. The summed E-state index contributed by atoms with van der Waals surface area (Å²) in [6.07, 6.45) is 0. The molecule has 4 rings (SSSR count). The quantitative estimate of drug-likeness (QED) is 0.358. The van der Waals surface area contributed by atoms with E-state index in [4.69, 9.17) is 4.42 Å². The van der Waals surface area contributed by atoms with Crippen LogP contribution in [0.4, 0.5) is 4.39 Å². The lowest BCUT2D eigenvalue weighted by molar-refractivity contribution is -0.129. The van der Waals surface area contributed by atoms with Gasteiger partial charge in [0.25, 0.3) is 5.22 Å². The van der Waals surface area contributed by atoms with Crippen molar-refractivity contribution in [2.45, 2.75) is 18.3 Å². The van der Waals surface area contributed by atoms with Crippen LogP contribution in [-0.2, 0) is 17.9 Å². The Morgan fingerprint density at radius 2 is 1.42 bits per heavy atom. The van der Waals surface area contributed by atoms with Crippen LogP contribution in [0.5, 0.6) is 0 Å². The summed E-state index contributed by atoms with van der Waals surface area (Å²) in [5, 5.41) is 8.28. The highest BCUT2D eigenvalue weighted by atomic mass is 32.2. The van der Waals surface area contributed by atoms with E-state index in [-0.39, 0.29) is 17.5 Å². The van der Waals surface area contributed by atoms with E-state index >= 15 is 0 Å². The second kappa shape index (κ2) is 10.0. The van der Waals surface area contributed by atoms with Gasteiger partial charge in [0.1, 0.15) is 5.82 Å². The van der Waals surface area contributed by atoms with Crippen LogP contribution in [0.2, 0.25) is 0 Å². The van der Waals surface area contributed by atoms with Gasteiger partial charge in [-0.2, -0.15) is 0 Å². The van der Waals surface area contributed by atoms with Gasteiger partial charge in [-0.25, -0.2) is 4.39 Å². The lowest BCUT2D eigenvalue weighted by Gasteiger charge is -2.23. The van der Waals surface area contributed by atoms with Crippen molar-refractivity contribution in [1.29, 1.82) is 0 Å². The third kappa shape index (κ3) is 5.79. The van der Waals surface area contributed by atoms with Gasteiger partial charge in [0.2, 0.25) is 11.8 Å². The fourth-order valence-electron chi connectivity index (χ4n) is 3.03. The maximum absolute atomic E-state index is 13.1. The Hall–Kier alpha value is -3.45. The summed E-state index contributed by atoms with van der Waals surface area (Å²) in [7, 11) is 0. The van der Waals surface area contributed by atoms with Crippen LogP contribution in [-0.4, -0.2) is 26.8 Å². The Morgan fingerprint density at radius 1 is 0.839 bits per heavy atom. The van der Waals surface area contributed by atoms with Crippen LogP contribution in [0.3, 0.4) is 0 Å². The van der Waals surface area contributed by atoms with E-state index in [2.05, 4.69) is 10.2 Å². The average molecular weight is 434 g/mol. The highest BCUT2D eigenvalue weighted by Gasteiger charge is 2.17. The molecule has 1 heterocycles. The zero-order valence-corrected chi connectivity index (χ0v) is 17.5. The van der Waals surface area contributed by atoms with Crippen molar-refractivity contribution in [2.75, 3.05) is 5.75 Å². The Kier molecular flexibility index (Phi) is 6.74. The fraction of sp³-hybridized carbons (Fsp3) is 0.125. The summed E-state index contributed by atoms with van der Waals surface area (Å²) < 4.78 is 18.7. The monoisotopic (exact) mass is 433 g/mol. The lowest BCUT2D eigenvalue weighted by atomic mass is 10.1. The SMILES string of the molecule is O=C(CSc1nnc(-c2ccc(F)cc2)o1)N(Cc1ccccc1)Cc1ccccc1. The number of aromatic nitrogens is 2. The highest BCUT2D eigenvalue weighted by Crippen LogP contribution is 2.24. The average Bonchev–Trinajstić information content (AvgIpc) is 3.28. The number of rotatable bonds is 8. The molecular formula is C24H20FN3O2S. The Morgan fingerprint density at radius 3 is 2.00 bits per heavy atom. The van der Waals surface area contributed by atoms with Crippen LogP contribution in [0.15, 0.2) is 94.6 Å². The van der Waals surface area contributed by atoms with Crippen molar-refractivity contribution in [3.63, 3.8) is 0 Å². The molecular weight excluding hydrogens is 413 g/mol. The second-order valence-electron chi connectivity index (χ2n) is 6.89. The number of carbonyl (C=O) groups is 1. The molecule has 0 atom stereocenters. The molecule has 31 heavy (non-hydrogen) atoms. The first-order chi connectivity index (χ1) is 15.2. The van der Waals surface area contributed by atoms with Crippen molar-refractivity contribution in [1.82, 2.24) is 15.1 Å². The minimum absolute atomic E-state index is 0.0285. The second-order valence-corrected chi connectivity index (χ2v) is 7.82. The van der Waals surface area contributed by atoms with Gasteiger partial charge in [0, 0.05) is 18.7 Å². The minimum Gasteiger partial charge on any atom is -0.411 e. The number of hydrogen-bond donors (Lipinski definition) is 0. The molecule has 0 aliphatic rings. The minimum atomic E-state index is -0.333. The molecule has 0 saturated heterocycles. The van der Waals surface area contributed by atoms with Gasteiger partial charge in [-0.15, -0.1) is 10.2 Å². The molecule has 0 saturated carbocycles. The largest absolute Gasteiger partial charge is 0.411 e. The van der Waals surface area contributed by atoms with Gasteiger partial charge in [-0.3, -0.25) is 4.79 Å². The number of benzene rings is 3. The van der Waals surface area contributed by atoms with Crippen molar-refractivity contribution >= 4 is 17.7 Å². The van der Waals surface area contributed by atoms with E-state index in [0.29, 0.717) is 29.8 Å². The van der Waals surface area contributed by atoms with E-state index in [1.54, 1.807) is 12.1 Å². The topological polar surface area (TPSA) is 59.2 Å². The Labute approximate surface area is 183 Å². The summed E-state index contributed by atoms with van der Waals surface area (Å²) >= 11 is 1.19. The predicted molar refractivity (Wildman–Crippen MR) is 118 cm³/mol. The number of halogens is 1. The number of nitrogens with zero attached hydrogens (tertiary/aromatic N) is 3. The number of thioether (sulfide) groups is 1. The Bertz CT molecular complexity index is 1080. The molecule has 0 N–H and O–H groups in total. The molecule has 0 bridgehead atoms. The first-order valence-electron chi connectivity index (χ1n) is 9.75. The van der Waals surface area contributed by atoms with Crippen LogP contribution < -0.4 is 0 Å². The lowest BCUT2D eigenvalue weighted by Crippen LogP contribution is -2.31. The molecule has 7 heteroatoms. The predicted octanol–water partition coefficient (Wildman–Crippen LogP) is 5.20. The molecule has 1 aromatic heterocycles. The molecule has 1 amide bonds. The molecule has 0 spiro atoms. The standard InChI is InChI=1S/C24H20FN3O2S/c25-21-13-11-20(12-14-21)23-26-27-24(30-23)31-17-22(29)28(15-18-7-3-1-4-8-18)16-19-9-5-2-6-10-19/h1-14H,15-17H2. The summed E-state index contributed by atoms with van der Waals surface area (Å²) in [4.78, 5) is 14.8. The molecule has 0 radical (unpaired) electrons. The molecule has 0 aliphatic carbocycles. The Balaban J connectivity index is 1.42. The van der Waals surface area contributed by atoms with Gasteiger partial charge < -0.3 is 9.32 Å². The van der Waals surface area contributed by atoms with Crippen molar-refractivity contribution in [2.24, 2.45) is 0 Å². The zero-order valence-electron chi connectivity index (χ0n) is 16.6. The van der Waals surface area contributed by atoms with E-state index in [9.17, 15) is 9.18 Å².